The number of likely N-dealkylation sites (tertiary alicyclic amines) is 1. The molecule has 27 heavy (non-hydrogen) atoms. The third-order valence-electron chi connectivity index (χ3n) is 4.62. The van der Waals surface area contributed by atoms with Gasteiger partial charge in [-0.25, -0.2) is 0 Å². The Morgan fingerprint density at radius 1 is 1.26 bits per heavy atom. The summed E-state index contributed by atoms with van der Waals surface area (Å²) in [6.07, 6.45) is 5.41. The van der Waals surface area contributed by atoms with E-state index < -0.39 is 0 Å². The number of pyridine rings is 1. The van der Waals surface area contributed by atoms with Crippen molar-refractivity contribution in [3.05, 3.63) is 59.9 Å². The van der Waals surface area contributed by atoms with Crippen LogP contribution in [-0.4, -0.2) is 55.6 Å². The van der Waals surface area contributed by atoms with Crippen LogP contribution in [0.25, 0.3) is 11.4 Å². The first-order valence-electron chi connectivity index (χ1n) is 8.94. The number of carbonyl (C=O) groups is 1. The second-order valence-electron chi connectivity index (χ2n) is 6.47. The zero-order valence-electron chi connectivity index (χ0n) is 14.8. The number of tetrazole rings is 1. The molecule has 1 atom stereocenters. The highest BCUT2D eigenvalue weighted by Crippen LogP contribution is 2.23. The van der Waals surface area contributed by atoms with Crippen molar-refractivity contribution in [1.82, 2.24) is 30.5 Å². The maximum atomic E-state index is 13.1. The van der Waals surface area contributed by atoms with Gasteiger partial charge in [-0.3, -0.25) is 9.78 Å². The van der Waals surface area contributed by atoms with Gasteiger partial charge in [0.1, 0.15) is 0 Å². The zero-order valence-corrected chi connectivity index (χ0v) is 14.8. The van der Waals surface area contributed by atoms with Crippen molar-refractivity contribution < 1.29 is 9.53 Å². The maximum Gasteiger partial charge on any atom is 0.254 e. The molecule has 0 spiro atoms. The van der Waals surface area contributed by atoms with Crippen molar-refractivity contribution in [2.75, 3.05) is 13.1 Å². The molecule has 8 heteroatoms. The highest BCUT2D eigenvalue weighted by Gasteiger charge is 2.27. The van der Waals surface area contributed by atoms with E-state index in [-0.39, 0.29) is 12.0 Å². The summed E-state index contributed by atoms with van der Waals surface area (Å²) in [4.78, 5) is 19.1. The number of ether oxygens (including phenoxy) is 1. The van der Waals surface area contributed by atoms with Gasteiger partial charge >= 0.3 is 0 Å². The Bertz CT molecular complexity index is 884. The number of H-pyrrole nitrogens is 1. The number of carbonyl (C=O) groups excluding carboxylic acids is 1. The van der Waals surface area contributed by atoms with Gasteiger partial charge in [-0.05, 0) is 35.8 Å². The largest absolute Gasteiger partial charge is 0.372 e. The van der Waals surface area contributed by atoms with Gasteiger partial charge in [-0.2, -0.15) is 5.21 Å². The van der Waals surface area contributed by atoms with E-state index in [2.05, 4.69) is 25.6 Å². The molecule has 1 amide bonds. The average molecular weight is 364 g/mol. The van der Waals surface area contributed by atoms with Gasteiger partial charge in [-0.15, -0.1) is 10.2 Å². The fourth-order valence-electron chi connectivity index (χ4n) is 3.27. The number of benzene rings is 1. The summed E-state index contributed by atoms with van der Waals surface area (Å²) >= 11 is 0. The number of hydrogen-bond donors (Lipinski definition) is 1. The highest BCUT2D eigenvalue weighted by molar-refractivity contribution is 6.00. The monoisotopic (exact) mass is 364 g/mol. The van der Waals surface area contributed by atoms with Crippen LogP contribution in [0.5, 0.6) is 0 Å². The predicted octanol–water partition coefficient (Wildman–Crippen LogP) is 2.08. The Labute approximate surface area is 156 Å². The van der Waals surface area contributed by atoms with Crippen molar-refractivity contribution in [2.45, 2.75) is 25.6 Å². The standard InChI is InChI=1S/C19H20N6O2/c26-19(17-8-2-1-7-16(17)18-21-23-24-22-18)25-10-4-6-15(12-25)27-13-14-5-3-9-20-11-14/h1-3,5,7-9,11,15H,4,6,10,12-13H2,(H,21,22,23,24)/t15-/m0/s1. The molecule has 3 heterocycles. The lowest BCUT2D eigenvalue weighted by Gasteiger charge is -2.33. The Morgan fingerprint density at radius 2 is 2.19 bits per heavy atom. The molecule has 4 rings (SSSR count). The Morgan fingerprint density at radius 3 is 3.00 bits per heavy atom. The van der Waals surface area contributed by atoms with Crippen LogP contribution in [0, 0.1) is 0 Å². The van der Waals surface area contributed by atoms with Crippen molar-refractivity contribution in [1.29, 1.82) is 0 Å². The molecule has 1 fully saturated rings. The first-order valence-corrected chi connectivity index (χ1v) is 8.94. The minimum Gasteiger partial charge on any atom is -0.372 e. The van der Waals surface area contributed by atoms with Crippen LogP contribution in [0.1, 0.15) is 28.8 Å². The second-order valence-corrected chi connectivity index (χ2v) is 6.47. The molecule has 0 saturated carbocycles. The van der Waals surface area contributed by atoms with Crippen molar-refractivity contribution >= 4 is 5.91 Å². The molecule has 0 bridgehead atoms. The van der Waals surface area contributed by atoms with Crippen LogP contribution in [0.4, 0.5) is 0 Å². The molecule has 1 aromatic carbocycles. The molecule has 1 aliphatic heterocycles. The summed E-state index contributed by atoms with van der Waals surface area (Å²) in [6, 6.07) is 11.2. The summed E-state index contributed by atoms with van der Waals surface area (Å²) in [7, 11) is 0. The number of rotatable bonds is 5. The Kier molecular flexibility index (Phi) is 5.15. The van der Waals surface area contributed by atoms with Gasteiger partial charge in [-0.1, -0.05) is 24.3 Å². The molecule has 0 unspecified atom stereocenters. The Balaban J connectivity index is 1.45. The number of aromatic amines is 1. The minimum atomic E-state index is -0.0370. The maximum absolute atomic E-state index is 13.1. The number of nitrogens with zero attached hydrogens (tertiary/aromatic N) is 5. The molecule has 1 aliphatic rings. The summed E-state index contributed by atoms with van der Waals surface area (Å²) in [6.45, 7) is 1.78. The predicted molar refractivity (Wildman–Crippen MR) is 97.6 cm³/mol. The minimum absolute atomic E-state index is 0.0141. The summed E-state index contributed by atoms with van der Waals surface area (Å²) in [5.41, 5.74) is 2.28. The first-order chi connectivity index (χ1) is 13.3. The number of nitrogens with one attached hydrogen (secondary N) is 1. The normalized spacial score (nSPS) is 17.0. The van der Waals surface area contributed by atoms with Crippen LogP contribution >= 0.6 is 0 Å². The van der Waals surface area contributed by atoms with E-state index in [1.165, 1.54) is 0 Å². The third-order valence-corrected chi connectivity index (χ3v) is 4.62. The number of hydrogen-bond acceptors (Lipinski definition) is 6. The number of aromatic nitrogens is 5. The molecule has 0 aliphatic carbocycles. The average Bonchev–Trinajstić information content (AvgIpc) is 3.27. The third kappa shape index (κ3) is 4.01. The molecular weight excluding hydrogens is 344 g/mol. The topological polar surface area (TPSA) is 96.9 Å². The first kappa shape index (κ1) is 17.3. The quantitative estimate of drug-likeness (QED) is 0.744. The van der Waals surface area contributed by atoms with Gasteiger partial charge in [0.15, 0.2) is 0 Å². The van der Waals surface area contributed by atoms with E-state index in [0.29, 0.717) is 36.6 Å². The van der Waals surface area contributed by atoms with Crippen molar-refractivity contribution in [3.8, 4) is 11.4 Å². The van der Waals surface area contributed by atoms with Gasteiger partial charge in [0.2, 0.25) is 5.82 Å². The van der Waals surface area contributed by atoms with Gasteiger partial charge < -0.3 is 9.64 Å². The second kappa shape index (κ2) is 8.05. The lowest BCUT2D eigenvalue weighted by atomic mass is 10.0. The van der Waals surface area contributed by atoms with Crippen LogP contribution in [0.2, 0.25) is 0 Å². The molecule has 2 aromatic heterocycles. The van der Waals surface area contributed by atoms with Gasteiger partial charge in [0.05, 0.1) is 18.3 Å². The summed E-state index contributed by atoms with van der Waals surface area (Å²) in [5.74, 6) is 0.380. The van der Waals surface area contributed by atoms with Crippen molar-refractivity contribution in [3.63, 3.8) is 0 Å². The molecular formula is C19H20N6O2. The van der Waals surface area contributed by atoms with Gasteiger partial charge in [0, 0.05) is 31.0 Å². The SMILES string of the molecule is O=C(c1ccccc1-c1nn[nH]n1)N1CCC[C@H](OCc2cccnc2)C1. The summed E-state index contributed by atoms with van der Waals surface area (Å²) < 4.78 is 6.01. The molecule has 8 nitrogen and oxygen atoms in total. The van der Waals surface area contributed by atoms with Gasteiger partial charge in [0.25, 0.3) is 5.91 Å². The fourth-order valence-corrected chi connectivity index (χ4v) is 3.27. The molecule has 1 N–H and O–H groups in total. The van der Waals surface area contributed by atoms with E-state index in [4.69, 9.17) is 4.74 Å². The smallest absolute Gasteiger partial charge is 0.254 e. The lowest BCUT2D eigenvalue weighted by Crippen LogP contribution is -2.43. The fraction of sp³-hybridized carbons (Fsp3) is 0.316. The zero-order chi connectivity index (χ0) is 18.5. The van der Waals surface area contributed by atoms with E-state index in [1.807, 2.05) is 35.2 Å². The summed E-state index contributed by atoms with van der Waals surface area (Å²) in [5, 5.41) is 14.0. The lowest BCUT2D eigenvalue weighted by molar-refractivity contribution is -0.00679. The van der Waals surface area contributed by atoms with Crippen LogP contribution in [-0.2, 0) is 11.3 Å². The molecule has 3 aromatic rings. The van der Waals surface area contributed by atoms with Crippen LogP contribution < -0.4 is 0 Å². The van der Waals surface area contributed by atoms with E-state index in [1.54, 1.807) is 18.5 Å². The molecule has 1 saturated heterocycles. The van der Waals surface area contributed by atoms with Crippen LogP contribution in [0.15, 0.2) is 48.8 Å². The number of amides is 1. The highest BCUT2D eigenvalue weighted by atomic mass is 16.5. The molecule has 0 radical (unpaired) electrons. The van der Waals surface area contributed by atoms with E-state index in [0.717, 1.165) is 18.4 Å². The van der Waals surface area contributed by atoms with E-state index >= 15 is 0 Å². The molecule has 138 valence electrons. The van der Waals surface area contributed by atoms with E-state index in [9.17, 15) is 4.79 Å². The van der Waals surface area contributed by atoms with Crippen molar-refractivity contribution in [2.24, 2.45) is 0 Å². The Hall–Kier alpha value is -3.13. The number of piperidine rings is 1. The van der Waals surface area contributed by atoms with Crippen LogP contribution in [0.3, 0.4) is 0 Å².